The number of ether oxygens (including phenoxy) is 5. The predicted molar refractivity (Wildman–Crippen MR) is 244 cm³/mol. The van der Waals surface area contributed by atoms with Gasteiger partial charge in [-0.15, -0.1) is 0 Å². The summed E-state index contributed by atoms with van der Waals surface area (Å²) >= 11 is 0. The SMILES string of the molecule is C/C=C/C(=C/C)CC(C)/C=N\c1cc(OCCCOc2cc(N(C(=O)OCc3ccc(C)cc3)[C@@H](O)[C@@H](C)CC(/C=C/C)=C\C)c(C(C)=O)cc2OC)c(OC)cc1C(C)=O. The highest BCUT2D eigenvalue weighted by Crippen LogP contribution is 2.39. The molecule has 3 atom stereocenters. The highest BCUT2D eigenvalue weighted by Gasteiger charge is 2.33. The van der Waals surface area contributed by atoms with Crippen molar-refractivity contribution in [3.63, 3.8) is 0 Å². The lowest BCUT2D eigenvalue weighted by molar-refractivity contribution is 0.0888. The molecule has 0 heterocycles. The number of hydrogen-bond acceptors (Lipinski definition) is 10. The van der Waals surface area contributed by atoms with E-state index in [2.05, 4.69) is 19.1 Å². The largest absolute Gasteiger partial charge is 0.493 e. The lowest BCUT2D eigenvalue weighted by atomic mass is 9.97. The second-order valence-electron chi connectivity index (χ2n) is 14.9. The van der Waals surface area contributed by atoms with Crippen molar-refractivity contribution >= 4 is 35.2 Å². The molecule has 11 nitrogen and oxygen atoms in total. The molecule has 0 saturated carbocycles. The summed E-state index contributed by atoms with van der Waals surface area (Å²) in [6.07, 6.45) is 13.2. The molecular weight excluding hydrogens is 773 g/mol. The van der Waals surface area contributed by atoms with Gasteiger partial charge < -0.3 is 28.8 Å². The second kappa shape index (κ2) is 25.0. The van der Waals surface area contributed by atoms with Crippen LogP contribution in [0.3, 0.4) is 0 Å². The first kappa shape index (κ1) is 49.4. The first-order valence-electron chi connectivity index (χ1n) is 20.7. The molecule has 3 aromatic carbocycles. The molecule has 0 aromatic heterocycles. The summed E-state index contributed by atoms with van der Waals surface area (Å²) in [5.41, 5.74) is 5.14. The van der Waals surface area contributed by atoms with Gasteiger partial charge in [0.1, 0.15) is 12.8 Å². The maximum absolute atomic E-state index is 14.0. The summed E-state index contributed by atoms with van der Waals surface area (Å²) < 4.78 is 29.4. The van der Waals surface area contributed by atoms with Gasteiger partial charge in [-0.2, -0.15) is 0 Å². The zero-order valence-corrected chi connectivity index (χ0v) is 37.7. The van der Waals surface area contributed by atoms with E-state index in [0.29, 0.717) is 35.6 Å². The number of aliphatic hydroxyl groups excluding tert-OH is 1. The summed E-state index contributed by atoms with van der Waals surface area (Å²) in [5, 5.41) is 11.9. The number of amides is 1. The van der Waals surface area contributed by atoms with E-state index in [9.17, 15) is 19.5 Å². The van der Waals surface area contributed by atoms with Crippen LogP contribution in [0.15, 0.2) is 101 Å². The number of benzene rings is 3. The average Bonchev–Trinajstić information content (AvgIpc) is 3.24. The molecular formula is C50H64N2O9. The van der Waals surface area contributed by atoms with Crippen LogP contribution in [0.25, 0.3) is 0 Å². The van der Waals surface area contributed by atoms with Crippen LogP contribution in [0, 0.1) is 18.8 Å². The molecule has 61 heavy (non-hydrogen) atoms. The molecule has 0 radical (unpaired) electrons. The van der Waals surface area contributed by atoms with Gasteiger partial charge in [0, 0.05) is 41.8 Å². The van der Waals surface area contributed by atoms with Crippen LogP contribution in [-0.4, -0.2) is 62.6 Å². The fourth-order valence-corrected chi connectivity index (χ4v) is 6.54. The fraction of sp³-hybridized carbons (Fsp3) is 0.400. The Morgan fingerprint density at radius 2 is 1.30 bits per heavy atom. The Morgan fingerprint density at radius 3 is 1.82 bits per heavy atom. The fourth-order valence-electron chi connectivity index (χ4n) is 6.54. The number of carbonyl (C=O) groups is 3. The molecule has 1 N–H and O–H groups in total. The minimum absolute atomic E-state index is 0.0478. The van der Waals surface area contributed by atoms with Crippen molar-refractivity contribution in [2.75, 3.05) is 32.3 Å². The van der Waals surface area contributed by atoms with Crippen molar-refractivity contribution in [2.24, 2.45) is 16.8 Å². The molecule has 0 spiro atoms. The normalized spacial score (nSPS) is 13.6. The Balaban J connectivity index is 1.91. The molecule has 1 unspecified atom stereocenters. The van der Waals surface area contributed by atoms with E-state index in [1.54, 1.807) is 12.1 Å². The van der Waals surface area contributed by atoms with E-state index in [0.717, 1.165) is 28.0 Å². The molecule has 0 bridgehead atoms. The second-order valence-corrected chi connectivity index (χ2v) is 14.9. The monoisotopic (exact) mass is 836 g/mol. The number of aliphatic imine (C=N–C) groups is 1. The number of nitrogens with zero attached hydrogens (tertiary/aromatic N) is 2. The van der Waals surface area contributed by atoms with Gasteiger partial charge in [0.15, 0.2) is 34.6 Å². The molecule has 3 rings (SSSR count). The van der Waals surface area contributed by atoms with Crippen LogP contribution in [0.4, 0.5) is 16.2 Å². The number of Topliss-reactive ketones (excluding diaryl/α,β-unsaturated/α-hetero) is 2. The van der Waals surface area contributed by atoms with Crippen molar-refractivity contribution in [3.05, 3.63) is 118 Å². The van der Waals surface area contributed by atoms with E-state index in [4.69, 9.17) is 28.7 Å². The van der Waals surface area contributed by atoms with Crippen LogP contribution >= 0.6 is 0 Å². The molecule has 328 valence electrons. The summed E-state index contributed by atoms with van der Waals surface area (Å²) in [4.78, 5) is 45.6. The molecule has 0 fully saturated rings. The quantitative estimate of drug-likeness (QED) is 0.0326. The third kappa shape index (κ3) is 14.6. The van der Waals surface area contributed by atoms with Crippen LogP contribution in [0.5, 0.6) is 23.0 Å². The minimum atomic E-state index is -1.39. The number of allylic oxidation sites excluding steroid dienone is 8. The first-order valence-corrected chi connectivity index (χ1v) is 20.7. The van der Waals surface area contributed by atoms with Gasteiger partial charge in [-0.1, -0.05) is 91.3 Å². The van der Waals surface area contributed by atoms with E-state index in [1.807, 2.05) is 96.3 Å². The van der Waals surface area contributed by atoms with Crippen LogP contribution in [-0.2, 0) is 11.3 Å². The Morgan fingerprint density at radius 1 is 0.754 bits per heavy atom. The molecule has 0 aliphatic carbocycles. The third-order valence-electron chi connectivity index (χ3n) is 9.93. The van der Waals surface area contributed by atoms with Crippen molar-refractivity contribution in [1.82, 2.24) is 0 Å². The lowest BCUT2D eigenvalue weighted by Gasteiger charge is -2.33. The molecule has 0 aliphatic heterocycles. The number of ketones is 2. The van der Waals surface area contributed by atoms with Crippen molar-refractivity contribution < 1.29 is 43.2 Å². The maximum Gasteiger partial charge on any atom is 0.416 e. The Bertz CT molecular complexity index is 2100. The number of methoxy groups -OCH3 is 2. The molecule has 0 aliphatic rings. The standard InChI is InChI=1S/C50H64N2O9/c1-12-17-38(14-3)25-34(6)31-51-43-29-47(45(57-10)27-41(43)36(8)53)59-23-16-24-60-48-30-44(42(37(9)54)28-46(48)58-11)52(49(55)35(7)26-39(15-4)18-13-2)50(56)61-32-40-21-19-33(5)20-22-40/h12-15,17-22,27-31,34-35,49,55H,16,23-26,32H2,1-11H3/b17-12+,18-13+,38-14-,39-15-,51-31-/t34?,35-,49-/m0/s1. The molecule has 1 amide bonds. The number of carbonyl (C=O) groups excluding carboxylic acids is 3. The zero-order chi connectivity index (χ0) is 45.1. The summed E-state index contributed by atoms with van der Waals surface area (Å²) in [6.45, 7) is 16.9. The van der Waals surface area contributed by atoms with E-state index in [1.165, 1.54) is 45.8 Å². The van der Waals surface area contributed by atoms with Gasteiger partial charge in [0.05, 0.1) is 38.8 Å². The Kier molecular flexibility index (Phi) is 20.2. The summed E-state index contributed by atoms with van der Waals surface area (Å²) in [7, 11) is 2.97. The summed E-state index contributed by atoms with van der Waals surface area (Å²) in [5.74, 6) is 0.454. The number of anilines is 1. The average molecular weight is 837 g/mol. The zero-order valence-electron chi connectivity index (χ0n) is 37.7. The Hall–Kier alpha value is -5.94. The summed E-state index contributed by atoms with van der Waals surface area (Å²) in [6, 6.07) is 13.9. The van der Waals surface area contributed by atoms with E-state index < -0.39 is 18.2 Å². The van der Waals surface area contributed by atoms with Crippen LogP contribution in [0.2, 0.25) is 0 Å². The first-order chi connectivity index (χ1) is 29.2. The predicted octanol–water partition coefficient (Wildman–Crippen LogP) is 11.5. The van der Waals surface area contributed by atoms with Gasteiger partial charge in [0.25, 0.3) is 0 Å². The number of rotatable bonds is 23. The number of aryl methyl sites for hydroxylation is 1. The molecule has 11 heteroatoms. The van der Waals surface area contributed by atoms with Gasteiger partial charge in [-0.3, -0.25) is 19.5 Å². The highest BCUT2D eigenvalue weighted by atomic mass is 16.6. The smallest absolute Gasteiger partial charge is 0.416 e. The van der Waals surface area contributed by atoms with Gasteiger partial charge in [0.2, 0.25) is 0 Å². The van der Waals surface area contributed by atoms with Gasteiger partial charge in [-0.05, 0) is 84.9 Å². The van der Waals surface area contributed by atoms with Gasteiger partial charge in [-0.25, -0.2) is 4.79 Å². The van der Waals surface area contributed by atoms with Crippen molar-refractivity contribution in [3.8, 4) is 23.0 Å². The maximum atomic E-state index is 14.0. The molecule has 0 saturated heterocycles. The van der Waals surface area contributed by atoms with E-state index in [-0.39, 0.29) is 60.1 Å². The lowest BCUT2D eigenvalue weighted by Crippen LogP contribution is -2.45. The van der Waals surface area contributed by atoms with Crippen LogP contribution in [0.1, 0.15) is 106 Å². The number of aliphatic hydroxyl groups is 1. The van der Waals surface area contributed by atoms with Crippen LogP contribution < -0.4 is 23.8 Å². The van der Waals surface area contributed by atoms with Gasteiger partial charge >= 0.3 is 6.09 Å². The third-order valence-corrected chi connectivity index (χ3v) is 9.93. The minimum Gasteiger partial charge on any atom is -0.493 e. The highest BCUT2D eigenvalue weighted by molar-refractivity contribution is 6.04. The molecule has 3 aromatic rings. The van der Waals surface area contributed by atoms with E-state index >= 15 is 0 Å². The van der Waals surface area contributed by atoms with Crippen molar-refractivity contribution in [2.45, 2.75) is 94.4 Å². The topological polar surface area (TPSA) is 133 Å². The Labute approximate surface area is 362 Å². The number of hydrogen-bond donors (Lipinski definition) is 1. The van der Waals surface area contributed by atoms with Crippen molar-refractivity contribution in [1.29, 1.82) is 0 Å².